The molecule has 0 aliphatic carbocycles. The molecule has 0 aliphatic heterocycles. The van der Waals surface area contributed by atoms with Crippen molar-refractivity contribution >= 4 is 11.6 Å². The Morgan fingerprint density at radius 1 is 0.361 bits per heavy atom. The summed E-state index contributed by atoms with van der Waals surface area (Å²) in [5, 5.41) is 0. The number of Topliss-reactive ketones (excluding diaryl/α,β-unsaturated/α-hetero) is 2. The zero-order valence-electron chi connectivity index (χ0n) is 24.8. The second-order valence-electron chi connectivity index (χ2n) is 11.2. The minimum Gasteiger partial charge on any atom is -0.291 e. The lowest BCUT2D eigenvalue weighted by Gasteiger charge is -2.03. The highest BCUT2D eigenvalue weighted by atomic mass is 16.2. The van der Waals surface area contributed by atoms with Gasteiger partial charge in [0.15, 0.2) is 11.6 Å². The van der Waals surface area contributed by atoms with E-state index in [0.717, 1.165) is 25.7 Å². The van der Waals surface area contributed by atoms with E-state index in [0.29, 0.717) is 12.8 Å². The first-order chi connectivity index (χ1) is 17.7. The molecule has 0 saturated heterocycles. The Kier molecular flexibility index (Phi) is 29.5. The smallest absolute Gasteiger partial charge is 0.198 e. The van der Waals surface area contributed by atoms with Crippen LogP contribution in [0.2, 0.25) is 0 Å². The minimum absolute atomic E-state index is 0.117. The molecule has 0 amide bonds. The number of hydrogen-bond acceptors (Lipinski definition) is 2. The molecule has 2 nitrogen and oxygen atoms in total. The number of rotatable bonds is 30. The quantitative estimate of drug-likeness (QED) is 0.0553. The summed E-state index contributed by atoms with van der Waals surface area (Å²) in [5.74, 6) is -0.236. The molecule has 0 radical (unpaired) electrons. The lowest BCUT2D eigenvalue weighted by Crippen LogP contribution is -2.13. The van der Waals surface area contributed by atoms with E-state index in [2.05, 4.69) is 26.0 Å². The first kappa shape index (κ1) is 35.1. The van der Waals surface area contributed by atoms with E-state index in [-0.39, 0.29) is 11.6 Å². The summed E-state index contributed by atoms with van der Waals surface area (Å²) in [5.41, 5.74) is 0. The monoisotopic (exact) mass is 504 g/mol. The first-order valence-electron chi connectivity index (χ1n) is 16.4. The second kappa shape index (κ2) is 30.3. The fraction of sp³-hybridized carbons (Fsp3) is 0.882. The van der Waals surface area contributed by atoms with Crippen LogP contribution in [0, 0.1) is 0 Å². The van der Waals surface area contributed by atoms with Gasteiger partial charge in [0, 0.05) is 12.8 Å². The summed E-state index contributed by atoms with van der Waals surface area (Å²) in [4.78, 5) is 24.1. The lowest BCUT2D eigenvalue weighted by atomic mass is 10.0. The van der Waals surface area contributed by atoms with Gasteiger partial charge < -0.3 is 0 Å². The van der Waals surface area contributed by atoms with Crippen LogP contribution in [-0.2, 0) is 9.59 Å². The summed E-state index contributed by atoms with van der Waals surface area (Å²) in [6.45, 7) is 4.54. The number of ketones is 2. The molecule has 0 fully saturated rings. The highest BCUT2D eigenvalue weighted by Gasteiger charge is 2.12. The predicted octanol–water partition coefficient (Wildman–Crippen LogP) is 11.6. The van der Waals surface area contributed by atoms with Crippen molar-refractivity contribution in [2.24, 2.45) is 0 Å². The number of allylic oxidation sites excluding steroid dienone is 2. The maximum atomic E-state index is 12.1. The Labute approximate surface area is 226 Å². The van der Waals surface area contributed by atoms with Gasteiger partial charge in [0.2, 0.25) is 0 Å². The van der Waals surface area contributed by atoms with Gasteiger partial charge >= 0.3 is 0 Å². The molecule has 0 bridgehead atoms. The van der Waals surface area contributed by atoms with Crippen LogP contribution < -0.4 is 0 Å². The SMILES string of the molecule is CCCCCCCC/C=C\CCCCCCCC(=O)C(=O)CCCCCCCCCCCCCCC. The topological polar surface area (TPSA) is 34.1 Å². The number of carbonyl (C=O) groups is 2. The van der Waals surface area contributed by atoms with Crippen LogP contribution >= 0.6 is 0 Å². The molecular weight excluding hydrogens is 440 g/mol. The molecule has 212 valence electrons. The minimum atomic E-state index is -0.119. The molecule has 0 saturated carbocycles. The molecule has 0 rings (SSSR count). The normalized spacial score (nSPS) is 11.5. The van der Waals surface area contributed by atoms with E-state index in [1.807, 2.05) is 0 Å². The lowest BCUT2D eigenvalue weighted by molar-refractivity contribution is -0.136. The van der Waals surface area contributed by atoms with E-state index in [1.54, 1.807) is 0 Å². The summed E-state index contributed by atoms with van der Waals surface area (Å²) >= 11 is 0. The molecule has 0 atom stereocenters. The molecule has 36 heavy (non-hydrogen) atoms. The van der Waals surface area contributed by atoms with Gasteiger partial charge in [0.25, 0.3) is 0 Å². The molecule has 0 spiro atoms. The number of hydrogen-bond donors (Lipinski definition) is 0. The number of unbranched alkanes of at least 4 members (excludes halogenated alkanes) is 23. The van der Waals surface area contributed by atoms with Gasteiger partial charge in [-0.15, -0.1) is 0 Å². The van der Waals surface area contributed by atoms with Crippen molar-refractivity contribution in [2.75, 3.05) is 0 Å². The van der Waals surface area contributed by atoms with Crippen molar-refractivity contribution in [3.63, 3.8) is 0 Å². The maximum Gasteiger partial charge on any atom is 0.198 e. The predicted molar refractivity (Wildman–Crippen MR) is 160 cm³/mol. The van der Waals surface area contributed by atoms with E-state index >= 15 is 0 Å². The summed E-state index contributed by atoms with van der Waals surface area (Å²) < 4.78 is 0. The third-order valence-electron chi connectivity index (χ3n) is 7.48. The van der Waals surface area contributed by atoms with Crippen LogP contribution in [0.3, 0.4) is 0 Å². The Morgan fingerprint density at radius 2 is 0.611 bits per heavy atom. The van der Waals surface area contributed by atoms with E-state index in [9.17, 15) is 9.59 Å². The Morgan fingerprint density at radius 3 is 0.917 bits per heavy atom. The van der Waals surface area contributed by atoms with Crippen molar-refractivity contribution in [1.29, 1.82) is 0 Å². The van der Waals surface area contributed by atoms with Crippen LogP contribution in [0.5, 0.6) is 0 Å². The van der Waals surface area contributed by atoms with Gasteiger partial charge in [0.05, 0.1) is 0 Å². The molecule has 0 aromatic heterocycles. The van der Waals surface area contributed by atoms with Crippen LogP contribution in [0.15, 0.2) is 12.2 Å². The summed E-state index contributed by atoms with van der Waals surface area (Å²) in [7, 11) is 0. The fourth-order valence-corrected chi connectivity index (χ4v) is 4.94. The van der Waals surface area contributed by atoms with Crippen LogP contribution in [0.1, 0.15) is 194 Å². The zero-order chi connectivity index (χ0) is 26.4. The van der Waals surface area contributed by atoms with Gasteiger partial charge in [-0.1, -0.05) is 154 Å². The largest absolute Gasteiger partial charge is 0.291 e. The molecule has 0 aromatic rings. The molecule has 0 heterocycles. The van der Waals surface area contributed by atoms with Crippen molar-refractivity contribution < 1.29 is 9.59 Å². The molecule has 0 N–H and O–H groups in total. The molecule has 0 aliphatic rings. The molecule has 2 heteroatoms. The van der Waals surface area contributed by atoms with Gasteiger partial charge in [-0.05, 0) is 38.5 Å². The molecule has 0 unspecified atom stereocenters. The average molecular weight is 505 g/mol. The van der Waals surface area contributed by atoms with E-state index in [4.69, 9.17) is 0 Å². The Hall–Kier alpha value is -0.920. The third-order valence-corrected chi connectivity index (χ3v) is 7.48. The summed E-state index contributed by atoms with van der Waals surface area (Å²) in [6, 6.07) is 0. The average Bonchev–Trinajstić information content (AvgIpc) is 2.88. The first-order valence-corrected chi connectivity index (χ1v) is 16.4. The summed E-state index contributed by atoms with van der Waals surface area (Å²) in [6.07, 6.45) is 38.9. The fourth-order valence-electron chi connectivity index (χ4n) is 4.94. The van der Waals surface area contributed by atoms with Gasteiger partial charge in [-0.2, -0.15) is 0 Å². The van der Waals surface area contributed by atoms with Gasteiger partial charge in [0.1, 0.15) is 0 Å². The molecular formula is C34H64O2. The third kappa shape index (κ3) is 27.7. The van der Waals surface area contributed by atoms with Crippen LogP contribution in [-0.4, -0.2) is 11.6 Å². The highest BCUT2D eigenvalue weighted by Crippen LogP contribution is 2.14. The van der Waals surface area contributed by atoms with Crippen molar-refractivity contribution in [1.82, 2.24) is 0 Å². The Balaban J connectivity index is 3.34. The van der Waals surface area contributed by atoms with Crippen LogP contribution in [0.25, 0.3) is 0 Å². The van der Waals surface area contributed by atoms with E-state index in [1.165, 1.54) is 141 Å². The maximum absolute atomic E-state index is 12.1. The second-order valence-corrected chi connectivity index (χ2v) is 11.2. The Bertz CT molecular complexity index is 493. The van der Waals surface area contributed by atoms with Crippen LogP contribution in [0.4, 0.5) is 0 Å². The highest BCUT2D eigenvalue weighted by molar-refractivity contribution is 6.37. The van der Waals surface area contributed by atoms with Gasteiger partial charge in [-0.25, -0.2) is 0 Å². The van der Waals surface area contributed by atoms with Gasteiger partial charge in [-0.3, -0.25) is 9.59 Å². The standard InChI is InChI=1S/C34H64O2/c1-3-5-7-9-11-13-15-17-18-20-22-24-26-28-30-32-34(36)33(35)31-29-27-25-23-21-19-16-14-12-10-8-6-4-2/h17-18H,3-16,19-32H2,1-2H3/b18-17-. The van der Waals surface area contributed by atoms with Crippen molar-refractivity contribution in [3.05, 3.63) is 12.2 Å². The van der Waals surface area contributed by atoms with Crippen molar-refractivity contribution in [3.8, 4) is 0 Å². The van der Waals surface area contributed by atoms with Crippen molar-refractivity contribution in [2.45, 2.75) is 194 Å². The zero-order valence-corrected chi connectivity index (χ0v) is 24.8. The number of carbonyl (C=O) groups excluding carboxylic acids is 2. The molecule has 0 aromatic carbocycles. The van der Waals surface area contributed by atoms with E-state index < -0.39 is 0 Å².